The molecule has 0 heterocycles. The van der Waals surface area contributed by atoms with Crippen molar-refractivity contribution in [2.45, 2.75) is 37.9 Å². The Morgan fingerprint density at radius 3 is 2.45 bits per heavy atom. The Kier molecular flexibility index (Phi) is 3.63. The SMILES string of the molecule is C=Cc1cc(C(=O)NC2(C)CCC2)cc(C(F)(F)F)c1. The first-order valence-corrected chi connectivity index (χ1v) is 6.41. The molecule has 0 bridgehead atoms. The Labute approximate surface area is 115 Å². The average Bonchev–Trinajstić information content (AvgIpc) is 2.35. The molecule has 0 aliphatic heterocycles. The second-order valence-corrected chi connectivity index (χ2v) is 5.41. The largest absolute Gasteiger partial charge is 0.416 e. The normalized spacial score (nSPS) is 17.2. The number of alkyl halides is 3. The Morgan fingerprint density at radius 2 is 2.00 bits per heavy atom. The molecular formula is C15H16F3NO. The molecule has 1 aromatic rings. The van der Waals surface area contributed by atoms with Crippen molar-refractivity contribution in [3.05, 3.63) is 41.5 Å². The van der Waals surface area contributed by atoms with E-state index in [1.54, 1.807) is 0 Å². The van der Waals surface area contributed by atoms with E-state index in [4.69, 9.17) is 0 Å². The lowest BCUT2D eigenvalue weighted by Gasteiger charge is -2.39. The van der Waals surface area contributed by atoms with Crippen molar-refractivity contribution < 1.29 is 18.0 Å². The summed E-state index contributed by atoms with van der Waals surface area (Å²) in [5, 5.41) is 2.80. The Bertz CT molecular complexity index is 545. The molecule has 1 aromatic carbocycles. The van der Waals surface area contributed by atoms with Gasteiger partial charge in [-0.15, -0.1) is 0 Å². The van der Waals surface area contributed by atoms with Crippen LogP contribution >= 0.6 is 0 Å². The van der Waals surface area contributed by atoms with Crippen molar-refractivity contribution >= 4 is 12.0 Å². The third kappa shape index (κ3) is 3.03. The van der Waals surface area contributed by atoms with Crippen molar-refractivity contribution in [2.24, 2.45) is 0 Å². The number of hydrogen-bond acceptors (Lipinski definition) is 1. The smallest absolute Gasteiger partial charge is 0.347 e. The highest BCUT2D eigenvalue weighted by Gasteiger charge is 2.35. The van der Waals surface area contributed by atoms with Crippen molar-refractivity contribution in [3.63, 3.8) is 0 Å². The summed E-state index contributed by atoms with van der Waals surface area (Å²) in [7, 11) is 0. The van der Waals surface area contributed by atoms with Crippen LogP contribution in [0.25, 0.3) is 6.08 Å². The lowest BCUT2D eigenvalue weighted by molar-refractivity contribution is -0.137. The maximum Gasteiger partial charge on any atom is 0.416 e. The van der Waals surface area contributed by atoms with E-state index in [0.717, 1.165) is 31.4 Å². The van der Waals surface area contributed by atoms with Gasteiger partial charge in [0.2, 0.25) is 0 Å². The lowest BCUT2D eigenvalue weighted by Crippen LogP contribution is -2.50. The van der Waals surface area contributed by atoms with Crippen molar-refractivity contribution in [1.29, 1.82) is 0 Å². The molecule has 1 amide bonds. The Hall–Kier alpha value is -1.78. The van der Waals surface area contributed by atoms with E-state index in [9.17, 15) is 18.0 Å². The minimum absolute atomic E-state index is 0.0165. The monoisotopic (exact) mass is 283 g/mol. The van der Waals surface area contributed by atoms with Gasteiger partial charge in [-0.1, -0.05) is 12.7 Å². The van der Waals surface area contributed by atoms with E-state index in [2.05, 4.69) is 11.9 Å². The molecule has 0 radical (unpaired) electrons. The molecule has 0 aromatic heterocycles. The summed E-state index contributed by atoms with van der Waals surface area (Å²) in [6.07, 6.45) is -0.444. The Balaban J connectivity index is 2.30. The van der Waals surface area contributed by atoms with Crippen LogP contribution in [0.5, 0.6) is 0 Å². The van der Waals surface area contributed by atoms with E-state index in [-0.39, 0.29) is 16.7 Å². The van der Waals surface area contributed by atoms with Gasteiger partial charge in [0, 0.05) is 11.1 Å². The third-order valence-electron chi connectivity index (χ3n) is 3.65. The van der Waals surface area contributed by atoms with E-state index >= 15 is 0 Å². The van der Waals surface area contributed by atoms with Crippen LogP contribution in [0, 0.1) is 0 Å². The number of carbonyl (C=O) groups is 1. The van der Waals surface area contributed by atoms with Crippen molar-refractivity contribution in [3.8, 4) is 0 Å². The highest BCUT2D eigenvalue weighted by molar-refractivity contribution is 5.95. The summed E-state index contributed by atoms with van der Waals surface area (Å²) in [5.41, 5.74) is -0.829. The van der Waals surface area contributed by atoms with Gasteiger partial charge in [-0.2, -0.15) is 13.2 Å². The second-order valence-electron chi connectivity index (χ2n) is 5.41. The van der Waals surface area contributed by atoms with E-state index in [1.165, 1.54) is 12.1 Å². The Morgan fingerprint density at radius 1 is 1.35 bits per heavy atom. The van der Waals surface area contributed by atoms with Gasteiger partial charge in [-0.3, -0.25) is 4.79 Å². The molecular weight excluding hydrogens is 267 g/mol. The molecule has 0 saturated heterocycles. The molecule has 20 heavy (non-hydrogen) atoms. The van der Waals surface area contributed by atoms with E-state index < -0.39 is 17.6 Å². The second kappa shape index (κ2) is 4.96. The van der Waals surface area contributed by atoms with Gasteiger partial charge < -0.3 is 5.32 Å². The van der Waals surface area contributed by atoms with Crippen LogP contribution in [0.15, 0.2) is 24.8 Å². The predicted molar refractivity (Wildman–Crippen MR) is 71.3 cm³/mol. The summed E-state index contributed by atoms with van der Waals surface area (Å²) >= 11 is 0. The maximum atomic E-state index is 12.8. The van der Waals surface area contributed by atoms with Crippen molar-refractivity contribution in [1.82, 2.24) is 5.32 Å². The zero-order valence-electron chi connectivity index (χ0n) is 11.2. The van der Waals surface area contributed by atoms with Crippen LogP contribution in [-0.2, 0) is 6.18 Å². The molecule has 1 N–H and O–H groups in total. The summed E-state index contributed by atoms with van der Waals surface area (Å²) in [4.78, 5) is 12.1. The summed E-state index contributed by atoms with van der Waals surface area (Å²) < 4.78 is 38.4. The van der Waals surface area contributed by atoms with Crippen molar-refractivity contribution in [2.75, 3.05) is 0 Å². The van der Waals surface area contributed by atoms with Gasteiger partial charge in [0.1, 0.15) is 0 Å². The van der Waals surface area contributed by atoms with Gasteiger partial charge >= 0.3 is 6.18 Å². The fourth-order valence-electron chi connectivity index (χ4n) is 2.24. The third-order valence-corrected chi connectivity index (χ3v) is 3.65. The van der Waals surface area contributed by atoms with Gasteiger partial charge in [0.25, 0.3) is 5.91 Å². The minimum atomic E-state index is -4.48. The van der Waals surface area contributed by atoms with E-state index in [1.807, 2.05) is 6.92 Å². The topological polar surface area (TPSA) is 29.1 Å². The summed E-state index contributed by atoms with van der Waals surface area (Å²) in [6, 6.07) is 3.28. The quantitative estimate of drug-likeness (QED) is 0.891. The van der Waals surface area contributed by atoms with Crippen LogP contribution in [-0.4, -0.2) is 11.4 Å². The predicted octanol–water partition coefficient (Wildman–Crippen LogP) is 4.02. The minimum Gasteiger partial charge on any atom is -0.347 e. The molecule has 1 aliphatic rings. The fraction of sp³-hybridized carbons (Fsp3) is 0.400. The first-order valence-electron chi connectivity index (χ1n) is 6.41. The summed E-state index contributed by atoms with van der Waals surface area (Å²) in [5.74, 6) is -0.471. The van der Waals surface area contributed by atoms with Crippen LogP contribution < -0.4 is 5.32 Å². The highest BCUT2D eigenvalue weighted by Crippen LogP contribution is 2.33. The van der Waals surface area contributed by atoms with Crippen LogP contribution in [0.3, 0.4) is 0 Å². The number of halogens is 3. The maximum absolute atomic E-state index is 12.8. The number of hydrogen-bond donors (Lipinski definition) is 1. The van der Waals surface area contributed by atoms with Gasteiger partial charge in [0.15, 0.2) is 0 Å². The number of carbonyl (C=O) groups excluding carboxylic acids is 1. The first-order chi connectivity index (χ1) is 9.23. The molecule has 2 nitrogen and oxygen atoms in total. The number of nitrogens with one attached hydrogen (secondary N) is 1. The van der Waals surface area contributed by atoms with Crippen LogP contribution in [0.4, 0.5) is 13.2 Å². The molecule has 0 spiro atoms. The zero-order chi connectivity index (χ0) is 15.0. The number of rotatable bonds is 3. The van der Waals surface area contributed by atoms with E-state index in [0.29, 0.717) is 0 Å². The van der Waals surface area contributed by atoms with Gasteiger partial charge in [-0.05, 0) is 49.9 Å². The zero-order valence-corrected chi connectivity index (χ0v) is 11.2. The molecule has 2 rings (SSSR count). The highest BCUT2D eigenvalue weighted by atomic mass is 19.4. The fourth-order valence-corrected chi connectivity index (χ4v) is 2.24. The average molecular weight is 283 g/mol. The molecule has 108 valence electrons. The standard InChI is InChI=1S/C15H16F3NO/c1-3-10-7-11(9-12(8-10)15(16,17)18)13(20)19-14(2)5-4-6-14/h3,7-9H,1,4-6H2,2H3,(H,19,20). The van der Waals surface area contributed by atoms with Crippen LogP contribution in [0.1, 0.15) is 47.7 Å². The summed E-state index contributed by atoms with van der Waals surface area (Å²) in [6.45, 7) is 5.36. The number of amides is 1. The molecule has 5 heteroatoms. The lowest BCUT2D eigenvalue weighted by atomic mass is 9.78. The molecule has 1 aliphatic carbocycles. The molecule has 0 unspecified atom stereocenters. The molecule has 1 saturated carbocycles. The number of benzene rings is 1. The molecule has 1 fully saturated rings. The first kappa shape index (κ1) is 14.6. The van der Waals surface area contributed by atoms with Gasteiger partial charge in [0.05, 0.1) is 5.56 Å². The van der Waals surface area contributed by atoms with Gasteiger partial charge in [-0.25, -0.2) is 0 Å². The van der Waals surface area contributed by atoms with Crippen LogP contribution in [0.2, 0.25) is 0 Å². The molecule has 0 atom stereocenters.